The summed E-state index contributed by atoms with van der Waals surface area (Å²) in [7, 11) is 1.33. The number of esters is 1. The zero-order chi connectivity index (χ0) is 11.1. The van der Waals surface area contributed by atoms with Gasteiger partial charge in [-0.05, 0) is 18.2 Å². The van der Waals surface area contributed by atoms with Crippen molar-refractivity contribution in [3.8, 4) is 0 Å². The Bertz CT molecular complexity index is 265. The number of rotatable bonds is 1. The molecule has 0 fully saturated rings. The first kappa shape index (κ1) is 12.1. The number of amides is 1. The molecule has 5 heteroatoms. The third-order valence-electron chi connectivity index (χ3n) is 2.05. The molecule has 0 aromatic carbocycles. The maximum Gasteiger partial charge on any atom is 0.329 e. The van der Waals surface area contributed by atoms with E-state index in [1.165, 1.54) is 18.9 Å². The molecule has 0 radical (unpaired) electrons. The second-order valence-corrected chi connectivity index (χ2v) is 4.18. The third-order valence-corrected chi connectivity index (χ3v) is 2.96. The molecule has 0 aliphatic carbocycles. The molecule has 0 saturated heterocycles. The van der Waals surface area contributed by atoms with E-state index >= 15 is 0 Å². The van der Waals surface area contributed by atoms with Crippen molar-refractivity contribution in [1.29, 1.82) is 0 Å². The number of carbonyl (C=O) groups is 2. The van der Waals surface area contributed by atoms with Crippen LogP contribution in [0.4, 0.5) is 0 Å². The summed E-state index contributed by atoms with van der Waals surface area (Å²) in [6, 6.07) is -0.532. The van der Waals surface area contributed by atoms with Gasteiger partial charge in [-0.2, -0.15) is 0 Å². The van der Waals surface area contributed by atoms with Crippen molar-refractivity contribution in [3.63, 3.8) is 0 Å². The van der Waals surface area contributed by atoms with E-state index in [0.717, 1.165) is 12.8 Å². The first-order valence-corrected chi connectivity index (χ1v) is 5.92. The summed E-state index contributed by atoms with van der Waals surface area (Å²) in [5, 5.41) is 4.63. The molecule has 1 atom stereocenters. The molecule has 1 heterocycles. The lowest BCUT2D eigenvalue weighted by atomic mass is 10.2. The van der Waals surface area contributed by atoms with Crippen molar-refractivity contribution in [2.24, 2.45) is 0 Å². The minimum Gasteiger partial charge on any atom is -0.467 e. The number of thioether (sulfide) groups is 1. The molecule has 0 bridgehead atoms. The van der Waals surface area contributed by atoms with Gasteiger partial charge in [0.2, 0.25) is 5.91 Å². The molecule has 15 heavy (non-hydrogen) atoms. The molecule has 0 aromatic heterocycles. The number of hydrogen-bond acceptors (Lipinski definition) is 4. The van der Waals surface area contributed by atoms with Crippen LogP contribution in [0, 0.1) is 0 Å². The van der Waals surface area contributed by atoms with Crippen LogP contribution in [-0.2, 0) is 14.3 Å². The van der Waals surface area contributed by atoms with E-state index in [4.69, 9.17) is 0 Å². The van der Waals surface area contributed by atoms with Crippen molar-refractivity contribution < 1.29 is 14.3 Å². The van der Waals surface area contributed by atoms with Gasteiger partial charge in [-0.25, -0.2) is 4.79 Å². The van der Waals surface area contributed by atoms with Gasteiger partial charge in [0.05, 0.1) is 7.11 Å². The van der Waals surface area contributed by atoms with Gasteiger partial charge in [0.25, 0.3) is 0 Å². The lowest BCUT2D eigenvalue weighted by Crippen LogP contribution is -2.43. The van der Waals surface area contributed by atoms with E-state index in [0.29, 0.717) is 12.2 Å². The van der Waals surface area contributed by atoms with Crippen LogP contribution in [0.2, 0.25) is 0 Å². The highest BCUT2D eigenvalue weighted by molar-refractivity contribution is 8.02. The fraction of sp³-hybridized carbons (Fsp3) is 0.600. The Morgan fingerprint density at radius 3 is 3.20 bits per heavy atom. The van der Waals surface area contributed by atoms with Crippen molar-refractivity contribution in [2.75, 3.05) is 12.9 Å². The normalized spacial score (nSPS) is 25.1. The highest BCUT2D eigenvalue weighted by Gasteiger charge is 2.20. The van der Waals surface area contributed by atoms with Crippen molar-refractivity contribution in [1.82, 2.24) is 5.32 Å². The Morgan fingerprint density at radius 1 is 1.67 bits per heavy atom. The Hall–Kier alpha value is -0.970. The largest absolute Gasteiger partial charge is 0.467 e. The molecular formula is C10H15NO3S. The minimum absolute atomic E-state index is 0.0821. The van der Waals surface area contributed by atoms with E-state index in [2.05, 4.69) is 10.1 Å². The predicted molar refractivity (Wildman–Crippen MR) is 59.4 cm³/mol. The molecule has 0 saturated carbocycles. The fourth-order valence-corrected chi connectivity index (χ4v) is 2.04. The van der Waals surface area contributed by atoms with E-state index < -0.39 is 6.04 Å². The average molecular weight is 229 g/mol. The van der Waals surface area contributed by atoms with Crippen molar-refractivity contribution >= 4 is 23.6 Å². The van der Waals surface area contributed by atoms with Crippen LogP contribution in [0.3, 0.4) is 0 Å². The van der Waals surface area contributed by atoms with E-state index in [9.17, 15) is 9.59 Å². The van der Waals surface area contributed by atoms with Crippen LogP contribution in [0.5, 0.6) is 0 Å². The summed E-state index contributed by atoms with van der Waals surface area (Å²) < 4.78 is 4.62. The average Bonchev–Trinajstić information content (AvgIpc) is 2.25. The molecule has 1 unspecified atom stereocenters. The highest BCUT2D eigenvalue weighted by atomic mass is 32.2. The van der Waals surface area contributed by atoms with Gasteiger partial charge in [0.1, 0.15) is 6.04 Å². The van der Waals surface area contributed by atoms with Gasteiger partial charge in [-0.1, -0.05) is 6.08 Å². The van der Waals surface area contributed by atoms with Crippen LogP contribution in [-0.4, -0.2) is 30.8 Å². The van der Waals surface area contributed by atoms with E-state index in [-0.39, 0.29) is 11.9 Å². The third kappa shape index (κ3) is 4.38. The SMILES string of the molecule is COC(=O)C1CS/C=C/CCCC(=O)N1. The molecule has 1 N–H and O–H groups in total. The zero-order valence-electron chi connectivity index (χ0n) is 8.69. The lowest BCUT2D eigenvalue weighted by Gasteiger charge is -2.16. The predicted octanol–water partition coefficient (Wildman–Crippen LogP) is 1.07. The van der Waals surface area contributed by atoms with Gasteiger partial charge in [-0.3, -0.25) is 4.79 Å². The lowest BCUT2D eigenvalue weighted by molar-refractivity contribution is -0.144. The number of methoxy groups -OCH3 is 1. The Kier molecular flexibility index (Phi) is 5.25. The number of hydrogen-bond donors (Lipinski definition) is 1. The number of nitrogens with one attached hydrogen (secondary N) is 1. The van der Waals surface area contributed by atoms with Crippen LogP contribution in [0.25, 0.3) is 0 Å². The fourth-order valence-electron chi connectivity index (χ4n) is 1.25. The first-order chi connectivity index (χ1) is 7.24. The van der Waals surface area contributed by atoms with Crippen molar-refractivity contribution in [3.05, 3.63) is 11.5 Å². The van der Waals surface area contributed by atoms with Gasteiger partial charge in [0, 0.05) is 12.2 Å². The summed E-state index contributed by atoms with van der Waals surface area (Å²) >= 11 is 1.51. The van der Waals surface area contributed by atoms with Crippen molar-refractivity contribution in [2.45, 2.75) is 25.3 Å². The molecule has 1 amide bonds. The Balaban J connectivity index is 2.58. The molecular weight excluding hydrogens is 214 g/mol. The smallest absolute Gasteiger partial charge is 0.329 e. The topological polar surface area (TPSA) is 55.4 Å². The van der Waals surface area contributed by atoms with E-state index in [1.54, 1.807) is 0 Å². The Labute approximate surface area is 93.4 Å². The zero-order valence-corrected chi connectivity index (χ0v) is 9.51. The van der Waals surface area contributed by atoms with Gasteiger partial charge >= 0.3 is 5.97 Å². The van der Waals surface area contributed by atoms with Gasteiger partial charge in [-0.15, -0.1) is 11.8 Å². The van der Waals surface area contributed by atoms with Gasteiger partial charge < -0.3 is 10.1 Å². The van der Waals surface area contributed by atoms with E-state index in [1.807, 2.05) is 11.5 Å². The number of ether oxygens (including phenoxy) is 1. The monoisotopic (exact) mass is 229 g/mol. The second kappa shape index (κ2) is 6.50. The molecule has 1 rings (SSSR count). The number of allylic oxidation sites excluding steroid dienone is 1. The molecule has 0 aromatic rings. The highest BCUT2D eigenvalue weighted by Crippen LogP contribution is 2.10. The molecule has 1 aliphatic rings. The number of carbonyl (C=O) groups excluding carboxylic acids is 2. The van der Waals surface area contributed by atoms with Crippen LogP contribution >= 0.6 is 11.8 Å². The standard InChI is InChI=1S/C10H15NO3S/c1-14-10(13)8-7-15-6-4-2-3-5-9(12)11-8/h4,6,8H,2-3,5,7H2,1H3,(H,11,12)/b6-4+. The van der Waals surface area contributed by atoms with Gasteiger partial charge in [0.15, 0.2) is 0 Å². The minimum atomic E-state index is -0.532. The summed E-state index contributed by atoms with van der Waals surface area (Å²) in [6.07, 6.45) is 4.21. The molecule has 0 spiro atoms. The first-order valence-electron chi connectivity index (χ1n) is 4.88. The molecule has 84 valence electrons. The summed E-state index contributed by atoms with van der Waals surface area (Å²) in [5.41, 5.74) is 0. The second-order valence-electron chi connectivity index (χ2n) is 3.24. The Morgan fingerprint density at radius 2 is 2.47 bits per heavy atom. The maximum atomic E-state index is 11.4. The van der Waals surface area contributed by atoms with Crippen LogP contribution in [0.15, 0.2) is 11.5 Å². The van der Waals surface area contributed by atoms with Crippen LogP contribution in [0.1, 0.15) is 19.3 Å². The molecule has 4 nitrogen and oxygen atoms in total. The van der Waals surface area contributed by atoms with Crippen LogP contribution < -0.4 is 5.32 Å². The summed E-state index contributed by atoms with van der Waals surface area (Å²) in [6.45, 7) is 0. The summed E-state index contributed by atoms with van der Waals surface area (Å²) in [5.74, 6) is 0.0562. The summed E-state index contributed by atoms with van der Waals surface area (Å²) in [4.78, 5) is 22.7. The maximum absolute atomic E-state index is 11.4. The molecule has 1 aliphatic heterocycles. The quantitative estimate of drug-likeness (QED) is 0.683.